The van der Waals surface area contributed by atoms with E-state index in [1.165, 1.54) is 0 Å². The number of para-hydroxylation sites is 1. The highest BCUT2D eigenvalue weighted by Crippen LogP contribution is 2.32. The molecule has 194 valence electrons. The number of hydrogen-bond donors (Lipinski definition) is 2. The van der Waals surface area contributed by atoms with Gasteiger partial charge in [0.25, 0.3) is 0 Å². The first kappa shape index (κ1) is 26.3. The van der Waals surface area contributed by atoms with Gasteiger partial charge in [-0.25, -0.2) is 9.48 Å². The number of rotatable bonds is 11. The maximum absolute atomic E-state index is 12.4. The summed E-state index contributed by atoms with van der Waals surface area (Å²) in [5.74, 6) is 1.68. The molecular weight excluding hydrogens is 478 g/mol. The Bertz CT molecular complexity index is 1360. The number of carbonyl (C=O) groups is 1. The molecule has 0 saturated heterocycles. The number of alkyl carbamates (subject to hydrolysis) is 1. The molecule has 0 fully saturated rings. The molecule has 3 aromatic carbocycles. The smallest absolute Gasteiger partial charge is 0.407 e. The van der Waals surface area contributed by atoms with Crippen LogP contribution in [0.1, 0.15) is 43.4 Å². The third kappa shape index (κ3) is 6.71. The molecule has 1 heterocycles. The van der Waals surface area contributed by atoms with Crippen molar-refractivity contribution in [2.45, 2.75) is 38.8 Å². The average molecular weight is 510 g/mol. The van der Waals surface area contributed by atoms with Crippen molar-refractivity contribution in [2.24, 2.45) is 0 Å². The molecule has 0 radical (unpaired) electrons. The molecule has 0 spiro atoms. The number of nitrogens with one attached hydrogen (secondary N) is 1. The molecule has 1 amide bonds. The Kier molecular flexibility index (Phi) is 8.98. The summed E-state index contributed by atoms with van der Waals surface area (Å²) in [6.07, 6.45) is 2.09. The number of benzene rings is 3. The van der Waals surface area contributed by atoms with Crippen LogP contribution < -0.4 is 15.8 Å². The van der Waals surface area contributed by atoms with Crippen LogP contribution in [-0.4, -0.2) is 22.4 Å². The van der Waals surface area contributed by atoms with Gasteiger partial charge in [0.1, 0.15) is 41.3 Å². The van der Waals surface area contributed by atoms with E-state index >= 15 is 0 Å². The Labute approximate surface area is 222 Å². The normalized spacial score (nSPS) is 11.4. The van der Waals surface area contributed by atoms with E-state index in [9.17, 15) is 10.1 Å². The first-order valence-electron chi connectivity index (χ1n) is 12.6. The van der Waals surface area contributed by atoms with Crippen molar-refractivity contribution < 1.29 is 14.3 Å². The van der Waals surface area contributed by atoms with Gasteiger partial charge in [-0.15, -0.1) is 0 Å². The van der Waals surface area contributed by atoms with Crippen LogP contribution in [0.3, 0.4) is 0 Å². The van der Waals surface area contributed by atoms with Gasteiger partial charge in [-0.1, -0.05) is 68.3 Å². The van der Waals surface area contributed by atoms with Crippen molar-refractivity contribution in [3.05, 3.63) is 96.1 Å². The highest BCUT2D eigenvalue weighted by Gasteiger charge is 2.23. The molecule has 0 aliphatic carbocycles. The lowest BCUT2D eigenvalue weighted by atomic mass is 10.1. The number of nitrogens with zero attached hydrogens (tertiary/aromatic N) is 3. The Morgan fingerprint density at radius 2 is 1.68 bits per heavy atom. The van der Waals surface area contributed by atoms with Gasteiger partial charge >= 0.3 is 6.09 Å². The molecule has 1 aromatic heterocycles. The zero-order chi connectivity index (χ0) is 26.7. The second kappa shape index (κ2) is 13.0. The second-order valence-electron chi connectivity index (χ2n) is 8.84. The number of amides is 1. The Morgan fingerprint density at radius 3 is 2.34 bits per heavy atom. The van der Waals surface area contributed by atoms with Gasteiger partial charge in [0.15, 0.2) is 0 Å². The molecule has 0 aliphatic heterocycles. The van der Waals surface area contributed by atoms with E-state index < -0.39 is 6.09 Å². The van der Waals surface area contributed by atoms with Gasteiger partial charge in [-0.2, -0.15) is 10.4 Å². The predicted molar refractivity (Wildman–Crippen MR) is 146 cm³/mol. The molecule has 8 heteroatoms. The molecule has 4 aromatic rings. The Hall–Kier alpha value is -4.77. The quantitative estimate of drug-likeness (QED) is 0.240. The maximum Gasteiger partial charge on any atom is 0.407 e. The van der Waals surface area contributed by atoms with Crippen LogP contribution in [-0.2, 0) is 11.3 Å². The fourth-order valence-corrected chi connectivity index (χ4v) is 4.07. The van der Waals surface area contributed by atoms with E-state index in [1.54, 1.807) is 4.68 Å². The van der Waals surface area contributed by atoms with Crippen LogP contribution in [0.2, 0.25) is 0 Å². The van der Waals surface area contributed by atoms with Crippen LogP contribution in [0.15, 0.2) is 84.9 Å². The van der Waals surface area contributed by atoms with E-state index in [2.05, 4.69) is 18.3 Å². The molecule has 0 saturated carbocycles. The molecule has 0 aliphatic rings. The first-order valence-corrected chi connectivity index (χ1v) is 12.6. The molecule has 3 N–H and O–H groups in total. The molecule has 1 unspecified atom stereocenters. The molecule has 0 bridgehead atoms. The van der Waals surface area contributed by atoms with Crippen molar-refractivity contribution in [1.82, 2.24) is 15.1 Å². The number of nitriles is 1. The molecule has 8 nitrogen and oxygen atoms in total. The van der Waals surface area contributed by atoms with Gasteiger partial charge in [-0.05, 0) is 48.4 Å². The van der Waals surface area contributed by atoms with Crippen LogP contribution in [0, 0.1) is 11.3 Å². The van der Waals surface area contributed by atoms with Crippen molar-refractivity contribution in [3.8, 4) is 28.8 Å². The summed E-state index contributed by atoms with van der Waals surface area (Å²) in [6, 6.07) is 28.3. The summed E-state index contributed by atoms with van der Waals surface area (Å²) < 4.78 is 12.9. The number of unbranched alkanes of at least 4 members (excludes halogenated alkanes) is 1. The zero-order valence-electron chi connectivity index (χ0n) is 21.3. The van der Waals surface area contributed by atoms with Gasteiger partial charge in [0.2, 0.25) is 0 Å². The minimum absolute atomic E-state index is 0.183. The second-order valence-corrected chi connectivity index (χ2v) is 8.84. The summed E-state index contributed by atoms with van der Waals surface area (Å²) in [6.45, 7) is 2.55. The Balaban J connectivity index is 1.48. The van der Waals surface area contributed by atoms with Crippen molar-refractivity contribution >= 4 is 11.9 Å². The van der Waals surface area contributed by atoms with Crippen LogP contribution in [0.5, 0.6) is 11.5 Å². The molecule has 4 rings (SSSR count). The summed E-state index contributed by atoms with van der Waals surface area (Å²) in [4.78, 5) is 12.4. The zero-order valence-corrected chi connectivity index (χ0v) is 21.3. The monoisotopic (exact) mass is 509 g/mol. The van der Waals surface area contributed by atoms with E-state index in [0.29, 0.717) is 17.0 Å². The lowest BCUT2D eigenvalue weighted by Crippen LogP contribution is -2.32. The minimum atomic E-state index is -0.518. The molecule has 38 heavy (non-hydrogen) atoms. The number of aromatic nitrogens is 2. The van der Waals surface area contributed by atoms with Gasteiger partial charge < -0.3 is 20.5 Å². The van der Waals surface area contributed by atoms with Crippen LogP contribution in [0.25, 0.3) is 11.3 Å². The summed E-state index contributed by atoms with van der Waals surface area (Å²) in [7, 11) is 0. The topological polar surface area (TPSA) is 115 Å². The van der Waals surface area contributed by atoms with E-state index in [4.69, 9.17) is 20.3 Å². The van der Waals surface area contributed by atoms with Gasteiger partial charge in [-0.3, -0.25) is 0 Å². The van der Waals surface area contributed by atoms with Crippen molar-refractivity contribution in [1.29, 1.82) is 5.26 Å². The number of nitrogen functional groups attached to an aromatic ring is 1. The first-order chi connectivity index (χ1) is 18.6. The summed E-state index contributed by atoms with van der Waals surface area (Å²) in [5.41, 5.74) is 8.85. The van der Waals surface area contributed by atoms with Gasteiger partial charge in [0.05, 0.1) is 6.04 Å². The van der Waals surface area contributed by atoms with Crippen molar-refractivity contribution in [3.63, 3.8) is 0 Å². The third-order valence-corrected chi connectivity index (χ3v) is 6.10. The lowest BCUT2D eigenvalue weighted by molar-refractivity contribution is 0.137. The van der Waals surface area contributed by atoms with Gasteiger partial charge in [0, 0.05) is 12.1 Å². The largest absolute Gasteiger partial charge is 0.457 e. The van der Waals surface area contributed by atoms with Crippen LogP contribution in [0.4, 0.5) is 10.6 Å². The molecular formula is C30H31N5O3. The number of ether oxygens (including phenoxy) is 2. The van der Waals surface area contributed by atoms with Crippen molar-refractivity contribution in [2.75, 3.05) is 12.3 Å². The number of carbonyl (C=O) groups excluding carboxylic acids is 1. The predicted octanol–water partition coefficient (Wildman–Crippen LogP) is 6.45. The minimum Gasteiger partial charge on any atom is -0.457 e. The van der Waals surface area contributed by atoms with E-state index in [-0.39, 0.29) is 25.0 Å². The van der Waals surface area contributed by atoms with E-state index in [1.807, 2.05) is 84.9 Å². The van der Waals surface area contributed by atoms with E-state index in [0.717, 1.165) is 36.1 Å². The SMILES string of the molecule is CCCCC(CNC(=O)OCc1ccccc1)n1nc(-c2ccc(Oc3ccccc3)cc2)c(C#N)c1N. The third-order valence-electron chi connectivity index (χ3n) is 6.10. The molecule has 1 atom stereocenters. The number of anilines is 1. The highest BCUT2D eigenvalue weighted by atomic mass is 16.5. The summed E-state index contributed by atoms with van der Waals surface area (Å²) >= 11 is 0. The summed E-state index contributed by atoms with van der Waals surface area (Å²) in [5, 5.41) is 17.4. The standard InChI is InChI=1S/C30H31N5O3/c1-2-3-12-24(20-33-30(36)37-21-22-10-6-4-7-11-22)35-29(32)27(19-31)28(34-35)23-15-17-26(18-16-23)38-25-13-8-5-9-14-25/h4-11,13-18,24H,2-3,12,20-21,32H2,1H3,(H,33,36). The maximum atomic E-state index is 12.4. The average Bonchev–Trinajstić information content (AvgIpc) is 3.29. The highest BCUT2D eigenvalue weighted by molar-refractivity contribution is 5.73. The van der Waals surface area contributed by atoms with Crippen LogP contribution >= 0.6 is 0 Å². The number of nitrogens with two attached hydrogens (primary N) is 1. The lowest BCUT2D eigenvalue weighted by Gasteiger charge is -2.19. The number of hydrogen-bond acceptors (Lipinski definition) is 6. The fourth-order valence-electron chi connectivity index (χ4n) is 4.07. The fraction of sp³-hybridized carbons (Fsp3) is 0.233. The Morgan fingerprint density at radius 1 is 1.03 bits per heavy atom.